The zero-order chi connectivity index (χ0) is 21.7. The maximum absolute atomic E-state index is 12.8. The first kappa shape index (κ1) is 22.6. The highest BCUT2D eigenvalue weighted by Gasteiger charge is 2.47. The average Bonchev–Trinajstić information content (AvgIpc) is 3.02. The van der Waals surface area contributed by atoms with Gasteiger partial charge in [0.1, 0.15) is 11.6 Å². The number of hydrogen-bond acceptors (Lipinski definition) is 5. The van der Waals surface area contributed by atoms with E-state index in [2.05, 4.69) is 25.8 Å². The predicted octanol–water partition coefficient (Wildman–Crippen LogP) is 2.48. The highest BCUT2D eigenvalue weighted by atomic mass is 16.6. The Labute approximate surface area is 180 Å². The van der Waals surface area contributed by atoms with Crippen LogP contribution in [0.25, 0.3) is 0 Å². The minimum Gasteiger partial charge on any atom is -0.441 e. The number of hydrogen-bond donors (Lipinski definition) is 1. The summed E-state index contributed by atoms with van der Waals surface area (Å²) in [5.41, 5.74) is 6.54. The Morgan fingerprint density at radius 2 is 1.90 bits per heavy atom. The molecular formula is C23H36N4O3. The summed E-state index contributed by atoms with van der Waals surface area (Å²) >= 11 is 0. The fraction of sp³-hybridized carbons (Fsp3) is 0.652. The summed E-state index contributed by atoms with van der Waals surface area (Å²) < 4.78 is 5.80. The van der Waals surface area contributed by atoms with Crippen molar-refractivity contribution in [3.05, 3.63) is 35.9 Å². The topological polar surface area (TPSA) is 79.1 Å². The minimum atomic E-state index is -0.647. The summed E-state index contributed by atoms with van der Waals surface area (Å²) in [7, 11) is 2.12. The molecule has 0 aromatic heterocycles. The number of amides is 2. The lowest BCUT2D eigenvalue weighted by molar-refractivity contribution is -0.136. The third kappa shape index (κ3) is 5.52. The number of carbonyl (C=O) groups is 2. The lowest BCUT2D eigenvalue weighted by atomic mass is 9.90. The molecule has 0 aliphatic carbocycles. The summed E-state index contributed by atoms with van der Waals surface area (Å²) in [6.07, 6.45) is 2.04. The van der Waals surface area contributed by atoms with E-state index >= 15 is 0 Å². The quantitative estimate of drug-likeness (QED) is 0.704. The largest absolute Gasteiger partial charge is 0.441 e. The van der Waals surface area contributed by atoms with E-state index in [0.717, 1.165) is 25.1 Å². The molecule has 2 N–H and O–H groups in total. The van der Waals surface area contributed by atoms with Crippen molar-refractivity contribution in [3.63, 3.8) is 0 Å². The van der Waals surface area contributed by atoms with Gasteiger partial charge in [-0.3, -0.25) is 4.79 Å². The van der Waals surface area contributed by atoms with E-state index in [0.29, 0.717) is 44.9 Å². The van der Waals surface area contributed by atoms with Crippen LogP contribution in [0.5, 0.6) is 0 Å². The SMILES string of the molecule is CC(C)CN(C)CCCN1CC2(CCN(C(=O)[C@H](N)c3ccccc3)CC2)OC1=O. The van der Waals surface area contributed by atoms with Gasteiger partial charge in [0, 0.05) is 39.0 Å². The number of benzene rings is 1. The molecule has 2 saturated heterocycles. The molecule has 166 valence electrons. The first-order valence-electron chi connectivity index (χ1n) is 11.1. The van der Waals surface area contributed by atoms with Gasteiger partial charge >= 0.3 is 6.09 Å². The third-order valence-electron chi connectivity index (χ3n) is 6.10. The van der Waals surface area contributed by atoms with Crippen LogP contribution in [-0.4, -0.2) is 78.6 Å². The molecule has 0 radical (unpaired) electrons. The molecule has 2 aliphatic rings. The lowest BCUT2D eigenvalue weighted by Crippen LogP contribution is -2.50. The van der Waals surface area contributed by atoms with Crippen molar-refractivity contribution in [2.45, 2.75) is 44.8 Å². The zero-order valence-corrected chi connectivity index (χ0v) is 18.5. The molecule has 0 saturated carbocycles. The second-order valence-electron chi connectivity index (χ2n) is 9.20. The van der Waals surface area contributed by atoms with Gasteiger partial charge in [-0.25, -0.2) is 4.79 Å². The van der Waals surface area contributed by atoms with Gasteiger partial charge in [0.15, 0.2) is 0 Å². The highest BCUT2D eigenvalue weighted by molar-refractivity contribution is 5.83. The normalized spacial score (nSPS) is 19.6. The highest BCUT2D eigenvalue weighted by Crippen LogP contribution is 2.34. The van der Waals surface area contributed by atoms with E-state index in [1.807, 2.05) is 35.2 Å². The van der Waals surface area contributed by atoms with Crippen molar-refractivity contribution >= 4 is 12.0 Å². The number of carbonyl (C=O) groups excluding carboxylic acids is 2. The fourth-order valence-electron chi connectivity index (χ4n) is 4.51. The third-order valence-corrected chi connectivity index (χ3v) is 6.10. The van der Waals surface area contributed by atoms with Crippen molar-refractivity contribution in [2.24, 2.45) is 11.7 Å². The van der Waals surface area contributed by atoms with Crippen molar-refractivity contribution in [1.29, 1.82) is 0 Å². The predicted molar refractivity (Wildman–Crippen MR) is 117 cm³/mol. The molecule has 2 aliphatic heterocycles. The van der Waals surface area contributed by atoms with Crippen molar-refractivity contribution in [3.8, 4) is 0 Å². The average molecular weight is 417 g/mol. The van der Waals surface area contributed by atoms with Gasteiger partial charge < -0.3 is 25.2 Å². The van der Waals surface area contributed by atoms with E-state index in [-0.39, 0.29) is 12.0 Å². The van der Waals surface area contributed by atoms with Crippen LogP contribution in [0, 0.1) is 5.92 Å². The number of nitrogens with two attached hydrogens (primary N) is 1. The zero-order valence-electron chi connectivity index (χ0n) is 18.5. The smallest absolute Gasteiger partial charge is 0.410 e. The van der Waals surface area contributed by atoms with Gasteiger partial charge in [0.05, 0.1) is 6.54 Å². The standard InChI is InChI=1S/C23H36N4O3/c1-18(2)16-25(3)12-7-13-27-17-23(30-22(27)29)10-14-26(15-11-23)21(28)20(24)19-8-5-4-6-9-19/h4-6,8-9,18,20H,7,10-17,24H2,1-3H3/t20-/m1/s1. The van der Waals surface area contributed by atoms with Crippen LogP contribution in [0.4, 0.5) is 4.79 Å². The number of piperidine rings is 1. The second kappa shape index (κ2) is 9.79. The summed E-state index contributed by atoms with van der Waals surface area (Å²) in [6.45, 7) is 8.91. The molecule has 0 bridgehead atoms. The number of ether oxygens (including phenoxy) is 1. The Kier molecular flexibility index (Phi) is 7.36. The van der Waals surface area contributed by atoms with Crippen LogP contribution in [0.2, 0.25) is 0 Å². The van der Waals surface area contributed by atoms with Gasteiger partial charge in [-0.1, -0.05) is 44.2 Å². The molecule has 1 atom stereocenters. The van der Waals surface area contributed by atoms with Crippen molar-refractivity contribution < 1.29 is 14.3 Å². The van der Waals surface area contributed by atoms with Crippen molar-refractivity contribution in [2.75, 3.05) is 46.3 Å². The Morgan fingerprint density at radius 1 is 1.23 bits per heavy atom. The van der Waals surface area contributed by atoms with Gasteiger partial charge in [0.2, 0.25) is 5.91 Å². The Morgan fingerprint density at radius 3 is 2.53 bits per heavy atom. The summed E-state index contributed by atoms with van der Waals surface area (Å²) in [4.78, 5) is 31.1. The molecule has 0 unspecified atom stereocenters. The molecule has 7 heteroatoms. The van der Waals surface area contributed by atoms with E-state index in [9.17, 15) is 9.59 Å². The molecule has 2 heterocycles. The van der Waals surface area contributed by atoms with Gasteiger partial charge in [-0.15, -0.1) is 0 Å². The molecule has 3 rings (SSSR count). The van der Waals surface area contributed by atoms with Gasteiger partial charge in [0.25, 0.3) is 0 Å². The molecule has 1 aromatic rings. The molecule has 2 amide bonds. The first-order chi connectivity index (χ1) is 14.3. The van der Waals surface area contributed by atoms with Crippen LogP contribution in [0.3, 0.4) is 0 Å². The molecule has 7 nitrogen and oxygen atoms in total. The van der Waals surface area contributed by atoms with Crippen LogP contribution >= 0.6 is 0 Å². The molecule has 30 heavy (non-hydrogen) atoms. The minimum absolute atomic E-state index is 0.0644. The van der Waals surface area contributed by atoms with E-state index < -0.39 is 11.6 Å². The maximum atomic E-state index is 12.8. The molecular weight excluding hydrogens is 380 g/mol. The summed E-state index contributed by atoms with van der Waals surface area (Å²) in [5, 5.41) is 0. The molecule has 2 fully saturated rings. The second-order valence-corrected chi connectivity index (χ2v) is 9.20. The summed E-state index contributed by atoms with van der Waals surface area (Å²) in [5.74, 6) is 0.573. The Balaban J connectivity index is 1.47. The molecule has 1 aromatic carbocycles. The Hall–Kier alpha value is -2.12. The van der Waals surface area contributed by atoms with E-state index in [1.165, 1.54) is 0 Å². The maximum Gasteiger partial charge on any atom is 0.410 e. The van der Waals surface area contributed by atoms with Crippen LogP contribution in [-0.2, 0) is 9.53 Å². The van der Waals surface area contributed by atoms with E-state index in [1.54, 1.807) is 4.90 Å². The number of likely N-dealkylation sites (tertiary alicyclic amines) is 1. The van der Waals surface area contributed by atoms with Crippen LogP contribution in [0.1, 0.15) is 44.7 Å². The van der Waals surface area contributed by atoms with E-state index in [4.69, 9.17) is 10.5 Å². The van der Waals surface area contributed by atoms with Crippen molar-refractivity contribution in [1.82, 2.24) is 14.7 Å². The molecule has 1 spiro atoms. The summed E-state index contributed by atoms with van der Waals surface area (Å²) in [6, 6.07) is 8.80. The van der Waals surface area contributed by atoms with Crippen LogP contribution in [0.15, 0.2) is 30.3 Å². The number of rotatable bonds is 8. The van der Waals surface area contributed by atoms with Gasteiger partial charge in [-0.05, 0) is 31.5 Å². The fourth-order valence-corrected chi connectivity index (χ4v) is 4.51. The lowest BCUT2D eigenvalue weighted by Gasteiger charge is -2.38. The first-order valence-corrected chi connectivity index (χ1v) is 11.1. The van der Waals surface area contributed by atoms with Gasteiger partial charge in [-0.2, -0.15) is 0 Å². The monoisotopic (exact) mass is 416 g/mol. The number of nitrogens with zero attached hydrogens (tertiary/aromatic N) is 3. The Bertz CT molecular complexity index is 716. The van der Waals surface area contributed by atoms with Crippen LogP contribution < -0.4 is 5.73 Å².